The molecule has 1 aliphatic rings. The second kappa shape index (κ2) is 6.90. The molecule has 0 radical (unpaired) electrons. The molecule has 1 aromatic rings. The van der Waals surface area contributed by atoms with Crippen LogP contribution in [0.5, 0.6) is 0 Å². The number of anilines is 1. The molecule has 4 nitrogen and oxygen atoms in total. The summed E-state index contributed by atoms with van der Waals surface area (Å²) in [5.41, 5.74) is 2.03. The largest absolute Gasteiger partial charge is 0.478 e. The van der Waals surface area contributed by atoms with E-state index in [2.05, 4.69) is 38.8 Å². The Bertz CT molecular complexity index is 517. The average molecular weight is 339 g/mol. The van der Waals surface area contributed by atoms with Gasteiger partial charge in [-0.2, -0.15) is 0 Å². The zero-order valence-electron chi connectivity index (χ0n) is 11.6. The lowest BCUT2D eigenvalue weighted by Gasteiger charge is -2.25. The fourth-order valence-corrected chi connectivity index (χ4v) is 2.77. The highest BCUT2D eigenvalue weighted by molar-refractivity contribution is 9.10. The van der Waals surface area contributed by atoms with Crippen LogP contribution in [0.1, 0.15) is 12.0 Å². The third kappa shape index (κ3) is 4.08. The number of carbonyl (C=O) groups is 1. The van der Waals surface area contributed by atoms with Crippen LogP contribution in [0.25, 0.3) is 6.08 Å². The standard InChI is InChI=1S/C15H19BrN2O2/c1-17-7-2-8-18(10-9-17)14-5-4-13(16)11-12(14)3-6-15(19)20/h3-6,11H,2,7-10H2,1H3,(H,19,20)/b6-3+. The molecule has 20 heavy (non-hydrogen) atoms. The Morgan fingerprint density at radius 1 is 1.30 bits per heavy atom. The van der Waals surface area contributed by atoms with Crippen molar-refractivity contribution in [3.8, 4) is 0 Å². The van der Waals surface area contributed by atoms with Crippen molar-refractivity contribution in [2.45, 2.75) is 6.42 Å². The van der Waals surface area contributed by atoms with Crippen LogP contribution in [0.3, 0.4) is 0 Å². The lowest BCUT2D eigenvalue weighted by molar-refractivity contribution is -0.131. The van der Waals surface area contributed by atoms with E-state index in [1.807, 2.05) is 12.1 Å². The van der Waals surface area contributed by atoms with Crippen LogP contribution >= 0.6 is 15.9 Å². The molecule has 0 bridgehead atoms. The van der Waals surface area contributed by atoms with E-state index in [1.54, 1.807) is 6.08 Å². The number of rotatable bonds is 3. The smallest absolute Gasteiger partial charge is 0.328 e. The minimum atomic E-state index is -0.925. The summed E-state index contributed by atoms with van der Waals surface area (Å²) in [5.74, 6) is -0.925. The molecule has 5 heteroatoms. The first-order valence-electron chi connectivity index (χ1n) is 6.70. The van der Waals surface area contributed by atoms with Gasteiger partial charge in [0.15, 0.2) is 0 Å². The van der Waals surface area contributed by atoms with Gasteiger partial charge in [0.05, 0.1) is 0 Å². The normalized spacial score (nSPS) is 17.4. The van der Waals surface area contributed by atoms with Crippen LogP contribution < -0.4 is 4.90 Å². The molecule has 0 amide bonds. The quantitative estimate of drug-likeness (QED) is 0.860. The lowest BCUT2D eigenvalue weighted by Crippen LogP contribution is -2.29. The molecule has 0 spiro atoms. The molecule has 0 aliphatic carbocycles. The summed E-state index contributed by atoms with van der Waals surface area (Å²) in [5, 5.41) is 8.81. The number of halogens is 1. The Morgan fingerprint density at radius 3 is 2.85 bits per heavy atom. The van der Waals surface area contributed by atoms with Crippen LogP contribution in [-0.2, 0) is 4.79 Å². The zero-order chi connectivity index (χ0) is 14.5. The fourth-order valence-electron chi connectivity index (χ4n) is 2.40. The van der Waals surface area contributed by atoms with E-state index in [0.29, 0.717) is 0 Å². The number of benzene rings is 1. The number of hydrogen-bond donors (Lipinski definition) is 1. The van der Waals surface area contributed by atoms with Crippen LogP contribution in [0.15, 0.2) is 28.7 Å². The summed E-state index contributed by atoms with van der Waals surface area (Å²) in [7, 11) is 2.14. The molecular formula is C15H19BrN2O2. The first-order chi connectivity index (χ1) is 9.56. The maximum Gasteiger partial charge on any atom is 0.328 e. The van der Waals surface area contributed by atoms with Crippen molar-refractivity contribution in [2.24, 2.45) is 0 Å². The highest BCUT2D eigenvalue weighted by atomic mass is 79.9. The molecule has 1 heterocycles. The minimum absolute atomic E-state index is 0.925. The van der Waals surface area contributed by atoms with Crippen molar-refractivity contribution in [1.29, 1.82) is 0 Å². The SMILES string of the molecule is CN1CCCN(c2ccc(Br)cc2/C=C/C(=O)O)CC1. The molecule has 1 fully saturated rings. The maximum atomic E-state index is 10.7. The van der Waals surface area contributed by atoms with Crippen molar-refractivity contribution < 1.29 is 9.90 Å². The van der Waals surface area contributed by atoms with Gasteiger partial charge in [-0.05, 0) is 49.9 Å². The van der Waals surface area contributed by atoms with Crippen molar-refractivity contribution in [3.05, 3.63) is 34.3 Å². The molecule has 0 unspecified atom stereocenters. The summed E-state index contributed by atoms with van der Waals surface area (Å²) < 4.78 is 0.957. The molecular weight excluding hydrogens is 320 g/mol. The second-order valence-corrected chi connectivity index (χ2v) is 5.93. The summed E-state index contributed by atoms with van der Waals surface area (Å²) in [6.45, 7) is 4.09. The summed E-state index contributed by atoms with van der Waals surface area (Å²) >= 11 is 3.44. The predicted octanol–water partition coefficient (Wildman–Crippen LogP) is 2.69. The van der Waals surface area contributed by atoms with Gasteiger partial charge in [0.25, 0.3) is 0 Å². The Kier molecular flexibility index (Phi) is 5.20. The molecule has 0 aromatic heterocycles. The van der Waals surface area contributed by atoms with E-state index in [9.17, 15) is 4.79 Å². The lowest BCUT2D eigenvalue weighted by atomic mass is 10.1. The van der Waals surface area contributed by atoms with Gasteiger partial charge in [-0.15, -0.1) is 0 Å². The summed E-state index contributed by atoms with van der Waals surface area (Å²) in [6, 6.07) is 6.02. The molecule has 0 saturated carbocycles. The molecule has 108 valence electrons. The predicted molar refractivity (Wildman–Crippen MR) is 85.1 cm³/mol. The van der Waals surface area contributed by atoms with Crippen LogP contribution in [0.2, 0.25) is 0 Å². The third-order valence-electron chi connectivity index (χ3n) is 3.46. The maximum absolute atomic E-state index is 10.7. The van der Waals surface area contributed by atoms with Crippen molar-refractivity contribution in [3.63, 3.8) is 0 Å². The Labute approximate surface area is 127 Å². The van der Waals surface area contributed by atoms with E-state index >= 15 is 0 Å². The van der Waals surface area contributed by atoms with Crippen molar-refractivity contribution in [1.82, 2.24) is 4.90 Å². The monoisotopic (exact) mass is 338 g/mol. The Balaban J connectivity index is 2.27. The van der Waals surface area contributed by atoms with E-state index in [0.717, 1.165) is 48.3 Å². The third-order valence-corrected chi connectivity index (χ3v) is 3.95. The van der Waals surface area contributed by atoms with Gasteiger partial charge in [-0.3, -0.25) is 0 Å². The fraction of sp³-hybridized carbons (Fsp3) is 0.400. The summed E-state index contributed by atoms with van der Waals surface area (Å²) in [6.07, 6.45) is 3.97. The van der Waals surface area contributed by atoms with Gasteiger partial charge < -0.3 is 14.9 Å². The van der Waals surface area contributed by atoms with Gasteiger partial charge in [0, 0.05) is 35.9 Å². The molecule has 2 rings (SSSR count). The number of likely N-dealkylation sites (N-methyl/N-ethyl adjacent to an activating group) is 1. The van der Waals surface area contributed by atoms with Gasteiger partial charge >= 0.3 is 5.97 Å². The summed E-state index contributed by atoms with van der Waals surface area (Å²) in [4.78, 5) is 15.4. The molecule has 0 atom stereocenters. The molecule has 1 aromatic carbocycles. The molecule has 1 saturated heterocycles. The number of carboxylic acid groups (broad SMARTS) is 1. The molecule has 1 N–H and O–H groups in total. The van der Waals surface area contributed by atoms with E-state index in [4.69, 9.17) is 5.11 Å². The van der Waals surface area contributed by atoms with E-state index in [1.165, 1.54) is 6.08 Å². The highest BCUT2D eigenvalue weighted by Crippen LogP contribution is 2.26. The second-order valence-electron chi connectivity index (χ2n) is 5.02. The van der Waals surface area contributed by atoms with Gasteiger partial charge in [-0.1, -0.05) is 15.9 Å². The van der Waals surface area contributed by atoms with Gasteiger partial charge in [0.1, 0.15) is 0 Å². The average Bonchev–Trinajstić information content (AvgIpc) is 2.61. The van der Waals surface area contributed by atoms with E-state index in [-0.39, 0.29) is 0 Å². The number of nitrogens with zero attached hydrogens (tertiary/aromatic N) is 2. The first kappa shape index (κ1) is 15.1. The highest BCUT2D eigenvalue weighted by Gasteiger charge is 2.15. The minimum Gasteiger partial charge on any atom is -0.478 e. The zero-order valence-corrected chi connectivity index (χ0v) is 13.1. The van der Waals surface area contributed by atoms with Crippen LogP contribution in [0, 0.1) is 0 Å². The number of aliphatic carboxylic acids is 1. The Morgan fingerprint density at radius 2 is 2.10 bits per heavy atom. The number of hydrogen-bond acceptors (Lipinski definition) is 3. The van der Waals surface area contributed by atoms with Crippen molar-refractivity contribution >= 4 is 33.7 Å². The van der Waals surface area contributed by atoms with Crippen LogP contribution in [0.4, 0.5) is 5.69 Å². The van der Waals surface area contributed by atoms with E-state index < -0.39 is 5.97 Å². The topological polar surface area (TPSA) is 43.8 Å². The Hall–Kier alpha value is -1.33. The van der Waals surface area contributed by atoms with Crippen LogP contribution in [-0.4, -0.2) is 49.2 Å². The first-order valence-corrected chi connectivity index (χ1v) is 7.49. The van der Waals surface area contributed by atoms with Gasteiger partial charge in [0.2, 0.25) is 0 Å². The number of carboxylic acids is 1. The molecule has 1 aliphatic heterocycles. The van der Waals surface area contributed by atoms with Gasteiger partial charge in [-0.25, -0.2) is 4.79 Å². The van der Waals surface area contributed by atoms with Crippen molar-refractivity contribution in [2.75, 3.05) is 38.1 Å².